The van der Waals surface area contributed by atoms with Crippen LogP contribution in [0.1, 0.15) is 43.2 Å². The first kappa shape index (κ1) is 17.3. The molecule has 2 aromatic rings. The summed E-state index contributed by atoms with van der Waals surface area (Å²) in [4.78, 5) is 23.6. The van der Waals surface area contributed by atoms with Gasteiger partial charge < -0.3 is 15.4 Å². The monoisotopic (exact) mass is 360 g/mol. The van der Waals surface area contributed by atoms with E-state index in [1.165, 1.54) is 11.3 Å². The van der Waals surface area contributed by atoms with Crippen LogP contribution in [0.25, 0.3) is 0 Å². The van der Waals surface area contributed by atoms with Crippen LogP contribution >= 0.6 is 11.3 Å². The van der Waals surface area contributed by atoms with E-state index >= 15 is 0 Å². The second kappa shape index (κ2) is 7.60. The van der Waals surface area contributed by atoms with Gasteiger partial charge in [0, 0.05) is 5.92 Å². The first-order valence-corrected chi connectivity index (χ1v) is 9.05. The third-order valence-electron chi connectivity index (χ3n) is 3.87. The zero-order valence-electron chi connectivity index (χ0n) is 14.2. The maximum Gasteiger partial charge on any atom is 0.262 e. The highest BCUT2D eigenvalue weighted by molar-refractivity contribution is 7.15. The number of benzene rings is 1. The van der Waals surface area contributed by atoms with Crippen LogP contribution in [0.3, 0.4) is 0 Å². The van der Waals surface area contributed by atoms with E-state index in [0.717, 1.165) is 23.4 Å². The summed E-state index contributed by atoms with van der Waals surface area (Å²) in [6, 6.07) is 5.32. The van der Waals surface area contributed by atoms with Crippen LogP contribution in [-0.2, 0) is 16.0 Å². The van der Waals surface area contributed by atoms with E-state index in [2.05, 4.69) is 34.7 Å². The van der Waals surface area contributed by atoms with Gasteiger partial charge >= 0.3 is 0 Å². The van der Waals surface area contributed by atoms with Crippen LogP contribution in [0, 0.1) is 0 Å². The predicted octanol–water partition coefficient (Wildman–Crippen LogP) is 2.95. The lowest BCUT2D eigenvalue weighted by atomic mass is 10.1. The zero-order chi connectivity index (χ0) is 17.8. The zero-order valence-corrected chi connectivity index (χ0v) is 15.0. The molecule has 1 aromatic carbocycles. The molecule has 0 spiro atoms. The third kappa shape index (κ3) is 4.33. The highest BCUT2D eigenvalue weighted by atomic mass is 32.1. The minimum absolute atomic E-state index is 0.0165. The highest BCUT2D eigenvalue weighted by Gasteiger charge is 2.17. The average molecular weight is 360 g/mol. The van der Waals surface area contributed by atoms with Gasteiger partial charge in [0.05, 0.1) is 12.1 Å². The fourth-order valence-corrected chi connectivity index (χ4v) is 3.48. The van der Waals surface area contributed by atoms with E-state index in [0.29, 0.717) is 22.5 Å². The van der Waals surface area contributed by atoms with Gasteiger partial charge in [0.25, 0.3) is 5.91 Å². The second-order valence-corrected chi connectivity index (χ2v) is 7.04. The number of aromatic nitrogens is 2. The van der Waals surface area contributed by atoms with Crippen molar-refractivity contribution in [3.8, 4) is 5.75 Å². The Balaban J connectivity index is 1.61. The Hall–Kier alpha value is -2.48. The third-order valence-corrected chi connectivity index (χ3v) is 4.94. The van der Waals surface area contributed by atoms with Crippen LogP contribution in [0.15, 0.2) is 18.2 Å². The van der Waals surface area contributed by atoms with E-state index in [1.807, 2.05) is 6.07 Å². The van der Waals surface area contributed by atoms with Crippen LogP contribution in [-0.4, -0.2) is 28.6 Å². The molecule has 0 saturated heterocycles. The molecule has 0 bridgehead atoms. The number of fused-ring (bicyclic) bond motifs is 1. The molecular formula is C17H20N4O3S. The number of carbonyl (C=O) groups excluding carboxylic acids is 2. The number of nitrogens with zero attached hydrogens (tertiary/aromatic N) is 2. The largest absolute Gasteiger partial charge is 0.482 e. The van der Waals surface area contributed by atoms with E-state index in [9.17, 15) is 9.59 Å². The Bertz CT molecular complexity index is 790. The molecule has 1 aliphatic rings. The molecule has 2 N–H and O–H groups in total. The summed E-state index contributed by atoms with van der Waals surface area (Å²) in [5.74, 6) is 0.588. The molecule has 0 aliphatic carbocycles. The molecule has 7 nitrogen and oxygen atoms in total. The maximum atomic E-state index is 12.2. The molecule has 2 amide bonds. The summed E-state index contributed by atoms with van der Waals surface area (Å²) in [5.41, 5.74) is 1.37. The Morgan fingerprint density at radius 3 is 3.08 bits per heavy atom. The molecule has 1 atom stereocenters. The van der Waals surface area contributed by atoms with E-state index in [-0.39, 0.29) is 24.8 Å². The van der Waals surface area contributed by atoms with Gasteiger partial charge in [0.1, 0.15) is 10.8 Å². The van der Waals surface area contributed by atoms with Crippen LogP contribution in [0.5, 0.6) is 5.75 Å². The summed E-state index contributed by atoms with van der Waals surface area (Å²) < 4.78 is 5.31. The van der Waals surface area contributed by atoms with Crippen molar-refractivity contribution in [3.05, 3.63) is 28.8 Å². The van der Waals surface area contributed by atoms with Crippen molar-refractivity contribution >= 4 is 34.0 Å². The number of amides is 2. The van der Waals surface area contributed by atoms with Gasteiger partial charge in [0.15, 0.2) is 6.61 Å². The molecule has 132 valence electrons. The molecule has 8 heteroatoms. The van der Waals surface area contributed by atoms with Crippen LogP contribution in [0.4, 0.5) is 10.8 Å². The summed E-state index contributed by atoms with van der Waals surface area (Å²) in [6.45, 7) is 4.26. The standard InChI is InChI=1S/C17H20N4O3S/c1-3-4-10(2)16-20-21-17(25-16)19-14(22)8-11-5-6-13-12(7-11)18-15(23)9-24-13/h5-7,10H,3-4,8-9H2,1-2H3,(H,18,23)(H,19,21,22). The van der Waals surface area contributed by atoms with Crippen molar-refractivity contribution in [1.82, 2.24) is 10.2 Å². The minimum atomic E-state index is -0.198. The number of nitrogens with one attached hydrogen (secondary N) is 2. The van der Waals surface area contributed by atoms with Crippen molar-refractivity contribution in [3.63, 3.8) is 0 Å². The summed E-state index contributed by atoms with van der Waals surface area (Å²) in [6.07, 6.45) is 2.31. The Morgan fingerprint density at radius 2 is 2.28 bits per heavy atom. The molecule has 0 saturated carbocycles. The second-order valence-electron chi connectivity index (χ2n) is 6.03. The lowest BCUT2D eigenvalue weighted by Crippen LogP contribution is -2.25. The fraction of sp³-hybridized carbons (Fsp3) is 0.412. The lowest BCUT2D eigenvalue weighted by Gasteiger charge is -2.18. The van der Waals surface area contributed by atoms with Gasteiger partial charge in [-0.1, -0.05) is 37.7 Å². The van der Waals surface area contributed by atoms with Gasteiger partial charge in [-0.15, -0.1) is 10.2 Å². The molecule has 0 fully saturated rings. The Kier molecular flexibility index (Phi) is 5.28. The van der Waals surface area contributed by atoms with E-state index in [1.54, 1.807) is 12.1 Å². The van der Waals surface area contributed by atoms with Gasteiger partial charge in [-0.2, -0.15) is 0 Å². The molecule has 1 aromatic heterocycles. The summed E-state index contributed by atoms with van der Waals surface area (Å²) >= 11 is 1.41. The van der Waals surface area contributed by atoms with Crippen LogP contribution in [0.2, 0.25) is 0 Å². The van der Waals surface area contributed by atoms with Crippen molar-refractivity contribution in [2.24, 2.45) is 0 Å². The molecule has 1 aliphatic heterocycles. The molecule has 2 heterocycles. The Labute approximate surface area is 149 Å². The maximum absolute atomic E-state index is 12.2. The number of hydrogen-bond donors (Lipinski definition) is 2. The topological polar surface area (TPSA) is 93.2 Å². The first-order valence-electron chi connectivity index (χ1n) is 8.24. The highest BCUT2D eigenvalue weighted by Crippen LogP contribution is 2.29. The normalized spacial score (nSPS) is 14.2. The summed E-state index contributed by atoms with van der Waals surface area (Å²) in [7, 11) is 0. The number of ether oxygens (including phenoxy) is 1. The predicted molar refractivity (Wildman–Crippen MR) is 96.1 cm³/mol. The fourth-order valence-electron chi connectivity index (χ4n) is 2.63. The minimum Gasteiger partial charge on any atom is -0.482 e. The number of rotatable bonds is 6. The van der Waals surface area contributed by atoms with Crippen molar-refractivity contribution < 1.29 is 14.3 Å². The lowest BCUT2D eigenvalue weighted by molar-refractivity contribution is -0.118. The molecular weight excluding hydrogens is 340 g/mol. The first-order chi connectivity index (χ1) is 12.0. The molecule has 3 rings (SSSR count). The smallest absolute Gasteiger partial charge is 0.262 e. The number of anilines is 2. The average Bonchev–Trinajstić information content (AvgIpc) is 3.03. The van der Waals surface area contributed by atoms with Gasteiger partial charge in [0.2, 0.25) is 11.0 Å². The molecule has 0 radical (unpaired) electrons. The van der Waals surface area contributed by atoms with Gasteiger partial charge in [-0.25, -0.2) is 0 Å². The number of carbonyl (C=O) groups is 2. The van der Waals surface area contributed by atoms with E-state index < -0.39 is 0 Å². The number of hydrogen-bond acceptors (Lipinski definition) is 6. The molecule has 25 heavy (non-hydrogen) atoms. The van der Waals surface area contributed by atoms with Gasteiger partial charge in [-0.3, -0.25) is 9.59 Å². The van der Waals surface area contributed by atoms with Crippen molar-refractivity contribution in [2.45, 2.75) is 39.0 Å². The molecule has 1 unspecified atom stereocenters. The SMILES string of the molecule is CCCC(C)c1nnc(NC(=O)Cc2ccc3c(c2)NC(=O)CO3)s1. The van der Waals surface area contributed by atoms with Crippen molar-refractivity contribution in [2.75, 3.05) is 17.2 Å². The van der Waals surface area contributed by atoms with Crippen molar-refractivity contribution in [1.29, 1.82) is 0 Å². The Morgan fingerprint density at radius 1 is 1.44 bits per heavy atom. The quantitative estimate of drug-likeness (QED) is 0.826. The van der Waals surface area contributed by atoms with Crippen LogP contribution < -0.4 is 15.4 Å². The summed E-state index contributed by atoms with van der Waals surface area (Å²) in [5, 5.41) is 15.2. The van der Waals surface area contributed by atoms with Gasteiger partial charge in [-0.05, 0) is 24.1 Å². The van der Waals surface area contributed by atoms with E-state index in [4.69, 9.17) is 4.74 Å².